The first-order valence-electron chi connectivity index (χ1n) is 5.39. The summed E-state index contributed by atoms with van der Waals surface area (Å²) in [5.41, 5.74) is 1.80. The second-order valence-corrected chi connectivity index (χ2v) is 3.84. The molecule has 18 heavy (non-hydrogen) atoms. The number of anilines is 1. The van der Waals surface area contributed by atoms with Crippen molar-refractivity contribution >= 4 is 11.6 Å². The number of aryl methyl sites for hydroxylation is 1. The van der Waals surface area contributed by atoms with Crippen LogP contribution in [0.5, 0.6) is 0 Å². The van der Waals surface area contributed by atoms with E-state index in [2.05, 4.69) is 10.5 Å². The van der Waals surface area contributed by atoms with Gasteiger partial charge in [0.1, 0.15) is 5.76 Å². The summed E-state index contributed by atoms with van der Waals surface area (Å²) in [6.07, 6.45) is 0.164. The van der Waals surface area contributed by atoms with Gasteiger partial charge in [0.25, 0.3) is 0 Å². The van der Waals surface area contributed by atoms with Crippen LogP contribution in [-0.2, 0) is 11.2 Å². The van der Waals surface area contributed by atoms with Gasteiger partial charge in [0, 0.05) is 11.8 Å². The number of hydrogen-bond donors (Lipinski definition) is 1. The zero-order valence-electron chi connectivity index (χ0n) is 9.80. The molecule has 0 aliphatic carbocycles. The van der Waals surface area contributed by atoms with Gasteiger partial charge in [0.2, 0.25) is 5.91 Å². The van der Waals surface area contributed by atoms with Crippen LogP contribution in [0.15, 0.2) is 34.9 Å². The molecule has 0 saturated carbocycles. The number of nitrogens with zero attached hydrogens (tertiary/aromatic N) is 2. The molecule has 0 aliphatic heterocycles. The Morgan fingerprint density at radius 1 is 1.44 bits per heavy atom. The first kappa shape index (κ1) is 11.9. The topological polar surface area (TPSA) is 78.9 Å². The van der Waals surface area contributed by atoms with Crippen molar-refractivity contribution in [1.29, 1.82) is 5.26 Å². The molecule has 5 heteroatoms. The lowest BCUT2D eigenvalue weighted by Crippen LogP contribution is -2.14. The lowest BCUT2D eigenvalue weighted by molar-refractivity contribution is -0.115. The average Bonchev–Trinajstić information content (AvgIpc) is 2.75. The smallest absolute Gasteiger partial charge is 0.230 e. The minimum atomic E-state index is -0.173. The number of carbonyl (C=O) groups excluding carboxylic acids is 1. The molecular weight excluding hydrogens is 230 g/mol. The van der Waals surface area contributed by atoms with E-state index in [1.54, 1.807) is 37.3 Å². The number of hydrogen-bond acceptors (Lipinski definition) is 4. The van der Waals surface area contributed by atoms with E-state index in [9.17, 15) is 4.79 Å². The van der Waals surface area contributed by atoms with E-state index >= 15 is 0 Å². The monoisotopic (exact) mass is 241 g/mol. The van der Waals surface area contributed by atoms with E-state index < -0.39 is 0 Å². The lowest BCUT2D eigenvalue weighted by Gasteiger charge is -2.03. The summed E-state index contributed by atoms with van der Waals surface area (Å²) in [4.78, 5) is 11.7. The Kier molecular flexibility index (Phi) is 3.39. The molecule has 1 amide bonds. The third-order valence-electron chi connectivity index (χ3n) is 2.32. The Hall–Kier alpha value is -2.61. The SMILES string of the molecule is Cc1cc(CC(=O)Nc2ccc(C#N)cc2)no1. The van der Waals surface area contributed by atoms with Gasteiger partial charge in [-0.15, -0.1) is 0 Å². The van der Waals surface area contributed by atoms with Gasteiger partial charge in [0.05, 0.1) is 23.7 Å². The van der Waals surface area contributed by atoms with Gasteiger partial charge >= 0.3 is 0 Å². The molecule has 90 valence electrons. The summed E-state index contributed by atoms with van der Waals surface area (Å²) >= 11 is 0. The van der Waals surface area contributed by atoms with E-state index in [0.717, 1.165) is 0 Å². The van der Waals surface area contributed by atoms with Crippen molar-refractivity contribution in [3.8, 4) is 6.07 Å². The van der Waals surface area contributed by atoms with E-state index in [-0.39, 0.29) is 12.3 Å². The third kappa shape index (κ3) is 2.95. The second kappa shape index (κ2) is 5.15. The molecule has 0 atom stereocenters. The van der Waals surface area contributed by atoms with Gasteiger partial charge in [-0.3, -0.25) is 4.79 Å². The van der Waals surface area contributed by atoms with Crippen molar-refractivity contribution in [3.05, 3.63) is 47.3 Å². The summed E-state index contributed by atoms with van der Waals surface area (Å²) in [6, 6.07) is 10.4. The van der Waals surface area contributed by atoms with E-state index in [1.807, 2.05) is 6.07 Å². The third-order valence-corrected chi connectivity index (χ3v) is 2.32. The fourth-order valence-corrected chi connectivity index (χ4v) is 1.50. The number of benzene rings is 1. The van der Waals surface area contributed by atoms with E-state index in [0.29, 0.717) is 22.7 Å². The molecule has 1 aromatic heterocycles. The van der Waals surface area contributed by atoms with Gasteiger partial charge in [-0.1, -0.05) is 5.16 Å². The highest BCUT2D eigenvalue weighted by Gasteiger charge is 2.07. The van der Waals surface area contributed by atoms with Crippen LogP contribution in [0, 0.1) is 18.3 Å². The first-order valence-corrected chi connectivity index (χ1v) is 5.39. The minimum absolute atomic E-state index is 0.164. The molecule has 0 radical (unpaired) electrons. The molecule has 2 rings (SSSR count). The highest BCUT2D eigenvalue weighted by molar-refractivity contribution is 5.92. The van der Waals surface area contributed by atoms with Crippen LogP contribution in [-0.4, -0.2) is 11.1 Å². The Balaban J connectivity index is 1.96. The normalized spacial score (nSPS) is 9.78. The Morgan fingerprint density at radius 3 is 2.72 bits per heavy atom. The first-order chi connectivity index (χ1) is 8.67. The predicted molar refractivity (Wildman–Crippen MR) is 64.7 cm³/mol. The van der Waals surface area contributed by atoms with E-state index in [4.69, 9.17) is 9.78 Å². The van der Waals surface area contributed by atoms with Crippen LogP contribution >= 0.6 is 0 Å². The maximum absolute atomic E-state index is 11.7. The summed E-state index contributed by atoms with van der Waals surface area (Å²) < 4.78 is 4.88. The van der Waals surface area contributed by atoms with Gasteiger partial charge in [-0.05, 0) is 31.2 Å². The van der Waals surface area contributed by atoms with E-state index in [1.165, 1.54) is 0 Å². The van der Waals surface area contributed by atoms with Crippen molar-refractivity contribution in [1.82, 2.24) is 5.16 Å². The molecule has 1 aromatic carbocycles. The zero-order chi connectivity index (χ0) is 13.0. The molecule has 5 nitrogen and oxygen atoms in total. The number of carbonyl (C=O) groups is 1. The van der Waals surface area contributed by atoms with Crippen molar-refractivity contribution in [2.75, 3.05) is 5.32 Å². The molecule has 0 fully saturated rings. The molecule has 0 bridgehead atoms. The molecule has 2 aromatic rings. The average molecular weight is 241 g/mol. The van der Waals surface area contributed by atoms with Crippen LogP contribution in [0.25, 0.3) is 0 Å². The molecule has 0 unspecified atom stereocenters. The fourth-order valence-electron chi connectivity index (χ4n) is 1.50. The summed E-state index contributed by atoms with van der Waals surface area (Å²) in [5, 5.41) is 15.1. The van der Waals surface area contributed by atoms with Crippen LogP contribution in [0.4, 0.5) is 5.69 Å². The van der Waals surface area contributed by atoms with Crippen LogP contribution in [0.1, 0.15) is 17.0 Å². The maximum atomic E-state index is 11.7. The lowest BCUT2D eigenvalue weighted by atomic mass is 10.2. The highest BCUT2D eigenvalue weighted by atomic mass is 16.5. The van der Waals surface area contributed by atoms with Crippen molar-refractivity contribution < 1.29 is 9.32 Å². The highest BCUT2D eigenvalue weighted by Crippen LogP contribution is 2.10. The van der Waals surface area contributed by atoms with Gasteiger partial charge < -0.3 is 9.84 Å². The standard InChI is InChI=1S/C13H11N3O2/c1-9-6-12(16-18-9)7-13(17)15-11-4-2-10(8-14)3-5-11/h2-6H,7H2,1H3,(H,15,17). The summed E-state index contributed by atoms with van der Waals surface area (Å²) in [6.45, 7) is 1.77. The Labute approximate surface area is 104 Å². The number of rotatable bonds is 3. The molecule has 0 aliphatic rings. The predicted octanol–water partition coefficient (Wildman–Crippen LogP) is 2.04. The maximum Gasteiger partial charge on any atom is 0.230 e. The van der Waals surface area contributed by atoms with Crippen molar-refractivity contribution in [3.63, 3.8) is 0 Å². The number of nitrogens with one attached hydrogen (secondary N) is 1. The Bertz CT molecular complexity index is 593. The van der Waals surface area contributed by atoms with Gasteiger partial charge in [0.15, 0.2) is 0 Å². The quantitative estimate of drug-likeness (QED) is 0.891. The van der Waals surface area contributed by atoms with Crippen LogP contribution in [0.3, 0.4) is 0 Å². The van der Waals surface area contributed by atoms with Gasteiger partial charge in [-0.2, -0.15) is 5.26 Å². The summed E-state index contributed by atoms with van der Waals surface area (Å²) in [7, 11) is 0. The van der Waals surface area contributed by atoms with Gasteiger partial charge in [-0.25, -0.2) is 0 Å². The minimum Gasteiger partial charge on any atom is -0.361 e. The number of nitriles is 1. The molecule has 0 spiro atoms. The fraction of sp³-hybridized carbons (Fsp3) is 0.154. The van der Waals surface area contributed by atoms with Crippen LogP contribution < -0.4 is 5.32 Å². The number of amides is 1. The molecule has 1 heterocycles. The molecular formula is C13H11N3O2. The number of aromatic nitrogens is 1. The van der Waals surface area contributed by atoms with Crippen molar-refractivity contribution in [2.24, 2.45) is 0 Å². The largest absolute Gasteiger partial charge is 0.361 e. The Morgan fingerprint density at radius 2 is 2.17 bits per heavy atom. The van der Waals surface area contributed by atoms with Crippen molar-refractivity contribution in [2.45, 2.75) is 13.3 Å². The summed E-state index contributed by atoms with van der Waals surface area (Å²) in [5.74, 6) is 0.504. The van der Waals surface area contributed by atoms with Crippen LogP contribution in [0.2, 0.25) is 0 Å². The second-order valence-electron chi connectivity index (χ2n) is 3.84. The molecule has 0 saturated heterocycles. The molecule has 1 N–H and O–H groups in total. The zero-order valence-corrected chi connectivity index (χ0v) is 9.80.